The summed E-state index contributed by atoms with van der Waals surface area (Å²) < 4.78 is 23.1. The molecule has 3 heterocycles. The number of aliphatic carboxylic acids is 1. The highest BCUT2D eigenvalue weighted by Crippen LogP contribution is 2.38. The average molecular weight is 922 g/mol. The van der Waals surface area contributed by atoms with Gasteiger partial charge in [0.1, 0.15) is 23.9 Å². The van der Waals surface area contributed by atoms with Crippen LogP contribution in [0, 0.1) is 17.8 Å². The molecule has 18 nitrogen and oxygen atoms in total. The largest absolute Gasteiger partial charge is 0.481 e. The molecule has 0 unspecified atom stereocenters. The van der Waals surface area contributed by atoms with Crippen LogP contribution < -0.4 is 5.73 Å². The van der Waals surface area contributed by atoms with E-state index in [0.717, 1.165) is 0 Å². The Balaban J connectivity index is 1.86. The number of allylic oxidation sites excluding steroid dienone is 12. The third-order valence-corrected chi connectivity index (χ3v) is 11.9. The minimum absolute atomic E-state index is 0.201. The van der Waals surface area contributed by atoms with Gasteiger partial charge in [-0.25, -0.2) is 0 Å². The lowest BCUT2D eigenvalue weighted by molar-refractivity contribution is -0.310. The second-order valence-corrected chi connectivity index (χ2v) is 17.4. The molecule has 65 heavy (non-hydrogen) atoms. The zero-order valence-electron chi connectivity index (χ0n) is 37.5. The number of hydrogen-bond acceptors (Lipinski definition) is 17. The van der Waals surface area contributed by atoms with Crippen molar-refractivity contribution in [3.8, 4) is 0 Å². The third-order valence-electron chi connectivity index (χ3n) is 11.9. The molecular formula is C47H71NO17. The van der Waals surface area contributed by atoms with Crippen LogP contribution >= 0.6 is 0 Å². The summed E-state index contributed by atoms with van der Waals surface area (Å²) in [5.74, 6) is -7.57. The molecule has 366 valence electrons. The first-order valence-electron chi connectivity index (χ1n) is 22.2. The summed E-state index contributed by atoms with van der Waals surface area (Å²) in [6.07, 6.45) is 3.75. The number of nitrogens with two attached hydrogens (primary N) is 1. The van der Waals surface area contributed by atoms with E-state index in [9.17, 15) is 65.4 Å². The molecule has 18 heteroatoms. The highest BCUT2D eigenvalue weighted by atomic mass is 16.7. The van der Waals surface area contributed by atoms with E-state index in [1.54, 1.807) is 86.8 Å². The normalized spacial score (nSPS) is 44.4. The summed E-state index contributed by atoms with van der Waals surface area (Å²) >= 11 is 0. The topological polar surface area (TPSA) is 316 Å². The van der Waals surface area contributed by atoms with Gasteiger partial charge in [-0.2, -0.15) is 0 Å². The number of ether oxygens (including phenoxy) is 4. The van der Waals surface area contributed by atoms with E-state index in [1.165, 1.54) is 13.0 Å². The molecule has 3 aliphatic heterocycles. The number of carboxylic acid groups (broad SMARTS) is 1. The van der Waals surface area contributed by atoms with Crippen molar-refractivity contribution >= 4 is 17.7 Å². The Labute approximate surface area is 380 Å². The van der Waals surface area contributed by atoms with Gasteiger partial charge in [-0.15, -0.1) is 0 Å². The minimum Gasteiger partial charge on any atom is -0.481 e. The number of Topliss-reactive ketones (excluding diaryl/α,β-unsaturated/α-hetero) is 1. The van der Waals surface area contributed by atoms with Crippen LogP contribution in [0.1, 0.15) is 79.1 Å². The fourth-order valence-electron chi connectivity index (χ4n) is 7.81. The Hall–Kier alpha value is -3.73. The first-order valence-corrected chi connectivity index (χ1v) is 22.2. The Kier molecular flexibility index (Phi) is 23.2. The van der Waals surface area contributed by atoms with Crippen molar-refractivity contribution in [3.05, 3.63) is 85.1 Å². The van der Waals surface area contributed by atoms with Crippen LogP contribution in [0.2, 0.25) is 0 Å². The summed E-state index contributed by atoms with van der Waals surface area (Å²) in [4.78, 5) is 37.7. The Morgan fingerprint density at radius 1 is 0.677 bits per heavy atom. The summed E-state index contributed by atoms with van der Waals surface area (Å²) in [5, 5.41) is 107. The van der Waals surface area contributed by atoms with E-state index >= 15 is 0 Å². The predicted octanol–water partition coefficient (Wildman–Crippen LogP) is 0.920. The van der Waals surface area contributed by atoms with E-state index in [1.807, 2.05) is 13.0 Å². The molecule has 18 atom stereocenters. The average Bonchev–Trinajstić information content (AvgIpc) is 3.21. The lowest BCUT2D eigenvalue weighted by atomic mass is 9.82. The second-order valence-electron chi connectivity index (χ2n) is 17.4. The Morgan fingerprint density at radius 3 is 1.80 bits per heavy atom. The summed E-state index contributed by atoms with van der Waals surface area (Å²) in [7, 11) is 0. The Morgan fingerprint density at radius 2 is 1.22 bits per heavy atom. The second kappa shape index (κ2) is 27.2. The number of fused-ring (bicyclic) bond motifs is 2. The van der Waals surface area contributed by atoms with Gasteiger partial charge in [0.05, 0.1) is 73.5 Å². The number of esters is 1. The number of carboxylic acids is 1. The van der Waals surface area contributed by atoms with Crippen LogP contribution in [0.15, 0.2) is 85.1 Å². The van der Waals surface area contributed by atoms with Gasteiger partial charge in [0.25, 0.3) is 0 Å². The number of ketones is 1. The summed E-state index contributed by atoms with van der Waals surface area (Å²) in [5.41, 5.74) is 6.01. The lowest BCUT2D eigenvalue weighted by Crippen LogP contribution is -2.61. The molecule has 2 bridgehead atoms. The summed E-state index contributed by atoms with van der Waals surface area (Å²) in [6, 6.07) is -1.15. The third kappa shape index (κ3) is 18.5. The quantitative estimate of drug-likeness (QED) is 0.175. The SMILES string of the molecule is C[C@@H]1[C@H](O)[C@@H](C)\C=C/C=C/C=C/C=C/C=C/C=C/C=C/[C@H](O[C@@H]2O[C@H](C)[C@@H](O)[C@H](N)[C@@H]2O)C[C@@H]2O[C@](O)(C[C@@H](O)[C@@H](O)CC[C@@H](O)CC(=O)C[C@@H](O)CC(=O)O[C@H]1C)C[C@H](O)[C@H]2C(=O)O. The van der Waals surface area contributed by atoms with Crippen molar-refractivity contribution in [1.29, 1.82) is 0 Å². The van der Waals surface area contributed by atoms with Gasteiger partial charge in [0.15, 0.2) is 12.1 Å². The molecule has 0 amide bonds. The maximum atomic E-state index is 12.7. The summed E-state index contributed by atoms with van der Waals surface area (Å²) in [6.45, 7) is 6.69. The fourth-order valence-corrected chi connectivity index (χ4v) is 7.81. The number of aliphatic hydroxyl groups excluding tert-OH is 8. The highest BCUT2D eigenvalue weighted by molar-refractivity contribution is 5.80. The molecule has 0 aromatic heterocycles. The number of carbonyl (C=O) groups is 3. The first kappa shape index (κ1) is 55.6. The van der Waals surface area contributed by atoms with Gasteiger partial charge >= 0.3 is 11.9 Å². The van der Waals surface area contributed by atoms with Crippen molar-refractivity contribution in [2.45, 2.75) is 170 Å². The molecule has 2 fully saturated rings. The predicted molar refractivity (Wildman–Crippen MR) is 236 cm³/mol. The van der Waals surface area contributed by atoms with Crippen LogP contribution in [0.25, 0.3) is 0 Å². The smallest absolute Gasteiger partial charge is 0.311 e. The maximum absolute atomic E-state index is 12.7. The molecule has 0 aromatic rings. The number of cyclic esters (lactones) is 1. The first-order chi connectivity index (χ1) is 30.6. The maximum Gasteiger partial charge on any atom is 0.311 e. The van der Waals surface area contributed by atoms with Crippen molar-refractivity contribution < 1.29 is 84.4 Å². The molecule has 2 saturated heterocycles. The van der Waals surface area contributed by atoms with Crippen LogP contribution in [-0.2, 0) is 33.3 Å². The molecular weight excluding hydrogens is 851 g/mol. The molecule has 0 radical (unpaired) electrons. The zero-order chi connectivity index (χ0) is 48.4. The van der Waals surface area contributed by atoms with Gasteiger partial charge in [0, 0.05) is 43.9 Å². The van der Waals surface area contributed by atoms with Gasteiger partial charge < -0.3 is 75.7 Å². The molecule has 0 saturated carbocycles. The van der Waals surface area contributed by atoms with Crippen molar-refractivity contribution in [2.75, 3.05) is 0 Å². The van der Waals surface area contributed by atoms with Crippen LogP contribution in [0.3, 0.4) is 0 Å². The van der Waals surface area contributed by atoms with E-state index in [2.05, 4.69) is 0 Å². The van der Waals surface area contributed by atoms with Crippen molar-refractivity contribution in [2.24, 2.45) is 23.5 Å². The monoisotopic (exact) mass is 921 g/mol. The molecule has 0 aliphatic carbocycles. The van der Waals surface area contributed by atoms with Crippen molar-refractivity contribution in [3.63, 3.8) is 0 Å². The van der Waals surface area contributed by atoms with E-state index in [-0.39, 0.29) is 25.2 Å². The van der Waals surface area contributed by atoms with Crippen LogP contribution in [-0.4, -0.2) is 160 Å². The molecule has 0 spiro atoms. The highest BCUT2D eigenvalue weighted by Gasteiger charge is 2.51. The van der Waals surface area contributed by atoms with Gasteiger partial charge in [0.2, 0.25) is 0 Å². The number of hydrogen-bond donors (Lipinski definition) is 11. The lowest BCUT2D eigenvalue weighted by Gasteiger charge is -2.45. The number of carbonyl (C=O) groups excluding carboxylic acids is 2. The Bertz CT molecular complexity index is 1710. The van der Waals surface area contributed by atoms with Gasteiger partial charge in [-0.1, -0.05) is 98.9 Å². The van der Waals surface area contributed by atoms with Gasteiger partial charge in [-0.05, 0) is 26.7 Å². The fraction of sp³-hybridized carbons (Fsp3) is 0.638. The number of aliphatic hydroxyl groups is 9. The van der Waals surface area contributed by atoms with Gasteiger partial charge in [-0.3, -0.25) is 14.4 Å². The van der Waals surface area contributed by atoms with Crippen LogP contribution in [0.4, 0.5) is 0 Å². The van der Waals surface area contributed by atoms with Crippen molar-refractivity contribution in [1.82, 2.24) is 0 Å². The number of rotatable bonds is 3. The van der Waals surface area contributed by atoms with E-state index in [0.29, 0.717) is 0 Å². The van der Waals surface area contributed by atoms with E-state index in [4.69, 9.17) is 24.7 Å². The molecule has 12 N–H and O–H groups in total. The molecule has 3 aliphatic rings. The van der Waals surface area contributed by atoms with Crippen LogP contribution in [0.5, 0.6) is 0 Å². The molecule has 0 aromatic carbocycles. The zero-order valence-corrected chi connectivity index (χ0v) is 37.5. The van der Waals surface area contributed by atoms with E-state index < -0.39 is 153 Å². The minimum atomic E-state index is -2.37. The molecule has 3 rings (SSSR count). The standard InChI is InChI=1S/C47H71NO17/c1-27-17-15-13-11-9-7-5-6-8-10-12-14-16-18-34(64-46-44(58)41(48)43(57)30(4)63-46)24-38-40(45(59)60)37(54)26-47(61,65-38)25-36(53)35(52)20-19-31(49)21-32(50)22-33(51)23-39(55)62-29(3)28(2)42(27)56/h5-18,27-31,33-38,40-44,46,49,51-54,56-58,61H,19-26,48H2,1-4H3,(H,59,60)/b6-5+,9-7+,10-8+,13-11+,14-12+,17-15-,18-16+/t27-,28-,29-,30+,31+,33+,34-,35-,36+,37-,38-,40+,41-,42+,43+,44-,46-,47+/m0/s1.